The molecule has 9 nitrogen and oxygen atoms in total. The van der Waals surface area contributed by atoms with Crippen LogP contribution in [0.5, 0.6) is 0 Å². The molecule has 0 aromatic carbocycles. The summed E-state index contributed by atoms with van der Waals surface area (Å²) in [4.78, 5) is 2.23. The van der Waals surface area contributed by atoms with Crippen LogP contribution in [0.1, 0.15) is 0 Å². The fraction of sp³-hybridized carbons (Fsp3) is 1.00. The van der Waals surface area contributed by atoms with Crippen LogP contribution in [-0.2, 0) is 4.74 Å². The lowest BCUT2D eigenvalue weighted by molar-refractivity contribution is -0.346. The summed E-state index contributed by atoms with van der Waals surface area (Å²) in [7, 11) is 0. The van der Waals surface area contributed by atoms with Crippen LogP contribution in [0.3, 0.4) is 0 Å². The number of azide groups is 1. The minimum absolute atomic E-state index is 0.714. The third kappa shape index (κ3) is 2.03. The van der Waals surface area contributed by atoms with Crippen LogP contribution in [0.25, 0.3) is 10.4 Å². The van der Waals surface area contributed by atoms with Gasteiger partial charge in [0.1, 0.15) is 24.4 Å². The predicted octanol–water partition coefficient (Wildman–Crippen LogP) is -2.58. The van der Waals surface area contributed by atoms with Crippen molar-refractivity contribution in [1.82, 2.24) is 0 Å². The van der Waals surface area contributed by atoms with Crippen molar-refractivity contribution in [1.29, 1.82) is 0 Å². The van der Waals surface area contributed by atoms with E-state index in [1.807, 2.05) is 0 Å². The zero-order chi connectivity index (χ0) is 11.6. The van der Waals surface area contributed by atoms with Gasteiger partial charge >= 0.3 is 0 Å². The van der Waals surface area contributed by atoms with Crippen molar-refractivity contribution in [3.8, 4) is 0 Å². The highest BCUT2D eigenvalue weighted by Gasteiger charge is 2.52. The van der Waals surface area contributed by atoms with Crippen LogP contribution in [-0.4, -0.2) is 62.5 Å². The van der Waals surface area contributed by atoms with Crippen LogP contribution in [0, 0.1) is 0 Å². The molecule has 15 heavy (non-hydrogen) atoms. The second kappa shape index (κ2) is 4.29. The summed E-state index contributed by atoms with van der Waals surface area (Å²) in [5.41, 5.74) is 8.11. The lowest BCUT2D eigenvalue weighted by atomic mass is 9.97. The predicted molar refractivity (Wildman–Crippen MR) is 44.1 cm³/mol. The Morgan fingerprint density at radius 2 is 1.93 bits per heavy atom. The number of nitrogens with zero attached hydrogens (tertiary/aromatic N) is 3. The van der Waals surface area contributed by atoms with Gasteiger partial charge in [-0.15, -0.1) is 0 Å². The third-order valence-corrected chi connectivity index (χ3v) is 2.13. The maximum absolute atomic E-state index is 9.45. The van der Waals surface area contributed by atoms with E-state index < -0.39 is 36.9 Å². The SMILES string of the molecule is [N-]=[N+]=N[C@]1(O)O[C@H](CO)[C@@H](O)[C@H](O)[C@@H]1O. The first-order valence-electron chi connectivity index (χ1n) is 4.07. The molecule has 0 bridgehead atoms. The van der Waals surface area contributed by atoms with Gasteiger partial charge in [0.15, 0.2) is 0 Å². The van der Waals surface area contributed by atoms with Gasteiger partial charge in [-0.1, -0.05) is 0 Å². The van der Waals surface area contributed by atoms with E-state index >= 15 is 0 Å². The van der Waals surface area contributed by atoms with Gasteiger partial charge in [0.25, 0.3) is 5.91 Å². The Hall–Kier alpha value is -0.930. The van der Waals surface area contributed by atoms with Gasteiger partial charge in [0.05, 0.1) is 6.61 Å². The summed E-state index contributed by atoms with van der Waals surface area (Å²) in [6.45, 7) is -0.714. The van der Waals surface area contributed by atoms with E-state index in [1.165, 1.54) is 0 Å². The highest BCUT2D eigenvalue weighted by atomic mass is 16.7. The first-order valence-corrected chi connectivity index (χ1v) is 4.07. The van der Waals surface area contributed by atoms with Crippen molar-refractivity contribution >= 4 is 0 Å². The monoisotopic (exact) mass is 221 g/mol. The van der Waals surface area contributed by atoms with Crippen molar-refractivity contribution in [2.24, 2.45) is 5.11 Å². The lowest BCUT2D eigenvalue weighted by Crippen LogP contribution is -2.64. The molecule has 0 unspecified atom stereocenters. The van der Waals surface area contributed by atoms with Crippen molar-refractivity contribution < 1.29 is 30.3 Å². The number of aliphatic hydroxyl groups excluding tert-OH is 4. The summed E-state index contributed by atoms with van der Waals surface area (Å²) >= 11 is 0. The molecular formula is C6H11N3O6. The minimum atomic E-state index is -2.69. The standard InChI is InChI=1S/C6H11N3O6/c7-9-8-6(14)5(13)4(12)3(11)2(1-10)15-6/h2-5,10-14H,1H2/t2-,3-,4+,5+,6-/m1/s1. The molecule has 0 aliphatic carbocycles. The molecule has 0 saturated carbocycles. The van der Waals surface area contributed by atoms with E-state index in [1.54, 1.807) is 0 Å². The zero-order valence-corrected chi connectivity index (χ0v) is 7.50. The van der Waals surface area contributed by atoms with E-state index in [2.05, 4.69) is 14.8 Å². The molecule has 5 atom stereocenters. The van der Waals surface area contributed by atoms with Crippen molar-refractivity contribution in [2.45, 2.75) is 30.3 Å². The van der Waals surface area contributed by atoms with Crippen molar-refractivity contribution in [2.75, 3.05) is 6.61 Å². The largest absolute Gasteiger partial charge is 0.394 e. The minimum Gasteiger partial charge on any atom is -0.394 e. The first-order chi connectivity index (χ1) is 6.96. The highest BCUT2D eigenvalue weighted by Crippen LogP contribution is 2.29. The molecule has 0 aromatic heterocycles. The van der Waals surface area contributed by atoms with Crippen LogP contribution >= 0.6 is 0 Å². The molecule has 0 amide bonds. The highest BCUT2D eigenvalue weighted by molar-refractivity contribution is 4.94. The topological polar surface area (TPSA) is 159 Å². The Balaban J connectivity index is 2.97. The van der Waals surface area contributed by atoms with Crippen molar-refractivity contribution in [3.05, 3.63) is 10.4 Å². The number of aliphatic hydroxyl groups is 5. The van der Waals surface area contributed by atoms with Gasteiger partial charge in [-0.3, -0.25) is 0 Å². The second-order valence-corrected chi connectivity index (χ2v) is 3.11. The Morgan fingerprint density at radius 3 is 2.40 bits per heavy atom. The van der Waals surface area contributed by atoms with Crippen LogP contribution in [0.15, 0.2) is 5.11 Å². The first kappa shape index (κ1) is 12.1. The Morgan fingerprint density at radius 1 is 1.33 bits per heavy atom. The van der Waals surface area contributed by atoms with Gasteiger partial charge in [-0.2, -0.15) is 0 Å². The quantitative estimate of drug-likeness (QED) is 0.195. The Labute approximate surface area is 83.8 Å². The maximum Gasteiger partial charge on any atom is 0.276 e. The Bertz CT molecular complexity index is 280. The smallest absolute Gasteiger partial charge is 0.276 e. The molecule has 9 heteroatoms. The molecule has 0 aromatic rings. The van der Waals surface area contributed by atoms with Gasteiger partial charge < -0.3 is 30.3 Å². The molecule has 1 heterocycles. The summed E-state index contributed by atoms with van der Waals surface area (Å²) in [5, 5.41) is 48.8. The van der Waals surface area contributed by atoms with Crippen molar-refractivity contribution in [3.63, 3.8) is 0 Å². The number of hydrogen-bond donors (Lipinski definition) is 5. The summed E-state index contributed by atoms with van der Waals surface area (Å²) in [6, 6.07) is 0. The van der Waals surface area contributed by atoms with E-state index in [4.69, 9.17) is 10.6 Å². The average molecular weight is 221 g/mol. The molecule has 1 aliphatic rings. The average Bonchev–Trinajstić information content (AvgIpc) is 2.21. The molecule has 5 N–H and O–H groups in total. The summed E-state index contributed by atoms with van der Waals surface area (Å²) in [5.74, 6) is -2.69. The van der Waals surface area contributed by atoms with Gasteiger partial charge in [-0.05, 0) is 10.6 Å². The molecule has 86 valence electrons. The lowest BCUT2D eigenvalue weighted by Gasteiger charge is -2.42. The van der Waals surface area contributed by atoms with E-state index in [-0.39, 0.29) is 0 Å². The fourth-order valence-corrected chi connectivity index (χ4v) is 1.28. The van der Waals surface area contributed by atoms with Crippen LogP contribution in [0.4, 0.5) is 0 Å². The van der Waals surface area contributed by atoms with Crippen LogP contribution < -0.4 is 0 Å². The second-order valence-electron chi connectivity index (χ2n) is 3.11. The molecule has 0 radical (unpaired) electrons. The maximum atomic E-state index is 9.45. The number of rotatable bonds is 2. The normalized spacial score (nSPS) is 45.9. The van der Waals surface area contributed by atoms with E-state index in [0.29, 0.717) is 0 Å². The number of hydrogen-bond acceptors (Lipinski definition) is 7. The molecule has 1 aliphatic heterocycles. The van der Waals surface area contributed by atoms with Gasteiger partial charge in [0, 0.05) is 4.91 Å². The third-order valence-electron chi connectivity index (χ3n) is 2.13. The van der Waals surface area contributed by atoms with E-state index in [0.717, 1.165) is 0 Å². The Kier molecular flexibility index (Phi) is 3.47. The molecule has 1 saturated heterocycles. The fourth-order valence-electron chi connectivity index (χ4n) is 1.28. The summed E-state index contributed by atoms with van der Waals surface area (Å²) < 4.78 is 4.58. The van der Waals surface area contributed by atoms with Gasteiger partial charge in [-0.25, -0.2) is 0 Å². The summed E-state index contributed by atoms with van der Waals surface area (Å²) in [6.07, 6.45) is -6.71. The van der Waals surface area contributed by atoms with Gasteiger partial charge in [0.2, 0.25) is 0 Å². The van der Waals surface area contributed by atoms with Crippen LogP contribution in [0.2, 0.25) is 0 Å². The van der Waals surface area contributed by atoms with E-state index in [9.17, 15) is 20.4 Å². The molecular weight excluding hydrogens is 210 g/mol. The zero-order valence-electron chi connectivity index (χ0n) is 7.50. The molecule has 1 fully saturated rings. The number of ether oxygens (including phenoxy) is 1. The molecule has 0 spiro atoms. The molecule has 1 rings (SSSR count).